The van der Waals surface area contributed by atoms with Gasteiger partial charge >= 0.3 is 0 Å². The van der Waals surface area contributed by atoms with E-state index in [1.165, 1.54) is 6.33 Å². The molecule has 2 N–H and O–H groups in total. The number of benzene rings is 2. The largest absolute Gasteiger partial charge is 0.457 e. The van der Waals surface area contributed by atoms with Gasteiger partial charge in [-0.05, 0) is 62.6 Å². The fraction of sp³-hybridized carbons (Fsp3) is 0.296. The zero-order chi connectivity index (χ0) is 25.6. The predicted octanol–water partition coefficient (Wildman–Crippen LogP) is 4.50. The molecule has 37 heavy (non-hydrogen) atoms. The first-order chi connectivity index (χ1) is 17.8. The Morgan fingerprint density at radius 2 is 1.95 bits per heavy atom. The topological polar surface area (TPSA) is 114 Å². The molecule has 1 atom stereocenters. The highest BCUT2D eigenvalue weighted by Crippen LogP contribution is 2.31. The van der Waals surface area contributed by atoms with Gasteiger partial charge in [0, 0.05) is 31.9 Å². The molecular weight excluding hydrogens is 468 g/mol. The summed E-state index contributed by atoms with van der Waals surface area (Å²) in [5.74, 6) is 2.65. The van der Waals surface area contributed by atoms with E-state index >= 15 is 0 Å². The van der Waals surface area contributed by atoms with E-state index in [-0.39, 0.29) is 0 Å². The average molecular weight is 497 g/mol. The van der Waals surface area contributed by atoms with Crippen molar-refractivity contribution in [2.24, 2.45) is 7.05 Å². The smallest absolute Gasteiger partial charge is 0.226 e. The summed E-state index contributed by atoms with van der Waals surface area (Å²) in [6.45, 7) is 5.14. The molecular formula is C27H28N8O2. The molecule has 0 amide bonds. The summed E-state index contributed by atoms with van der Waals surface area (Å²) in [6.07, 6.45) is 6.64. The molecule has 0 radical (unpaired) electrons. The molecule has 2 aromatic carbocycles. The van der Waals surface area contributed by atoms with Crippen LogP contribution in [0.4, 0.5) is 17.5 Å². The number of rotatable bonds is 5. The van der Waals surface area contributed by atoms with Gasteiger partial charge in [-0.15, -0.1) is 0 Å². The number of nitrogens with zero attached hydrogens (tertiary/aromatic N) is 7. The van der Waals surface area contributed by atoms with Crippen LogP contribution in [0.1, 0.15) is 25.3 Å². The lowest BCUT2D eigenvalue weighted by atomic mass is 9.95. The van der Waals surface area contributed by atoms with Gasteiger partial charge in [0.25, 0.3) is 0 Å². The molecule has 5 aromatic rings. The van der Waals surface area contributed by atoms with E-state index in [2.05, 4.69) is 25.3 Å². The molecule has 1 aliphatic rings. The highest BCUT2D eigenvalue weighted by molar-refractivity contribution is 5.87. The van der Waals surface area contributed by atoms with Crippen LogP contribution in [0.5, 0.6) is 11.5 Å². The maximum atomic E-state index is 10.5. The number of ether oxygens (including phenoxy) is 1. The number of piperidine rings is 1. The summed E-state index contributed by atoms with van der Waals surface area (Å²) in [5, 5.41) is 13.9. The fourth-order valence-corrected chi connectivity index (χ4v) is 4.76. The number of hydrogen-bond acceptors (Lipinski definition) is 9. The third-order valence-electron chi connectivity index (χ3n) is 6.68. The van der Waals surface area contributed by atoms with Crippen molar-refractivity contribution in [1.29, 1.82) is 0 Å². The maximum absolute atomic E-state index is 10.5. The Bertz CT molecular complexity index is 1610. The minimum absolute atomic E-state index is 0.489. The van der Waals surface area contributed by atoms with Gasteiger partial charge in [-0.2, -0.15) is 0 Å². The van der Waals surface area contributed by atoms with Gasteiger partial charge in [0.15, 0.2) is 5.82 Å². The fourth-order valence-electron chi connectivity index (χ4n) is 4.76. The first kappa shape index (κ1) is 23.1. The number of hydrogen-bond donors (Lipinski definition) is 2. The van der Waals surface area contributed by atoms with E-state index in [9.17, 15) is 5.11 Å². The molecule has 1 saturated heterocycles. The van der Waals surface area contributed by atoms with Crippen LogP contribution in [0.15, 0.2) is 55.2 Å². The second kappa shape index (κ2) is 8.97. The van der Waals surface area contributed by atoms with E-state index in [1.54, 1.807) is 12.5 Å². The van der Waals surface area contributed by atoms with Crippen LogP contribution in [0, 0.1) is 6.92 Å². The highest BCUT2D eigenvalue weighted by Gasteiger charge is 2.30. The normalized spacial score (nSPS) is 17.9. The average Bonchev–Trinajstić information content (AvgIpc) is 3.25. The van der Waals surface area contributed by atoms with Gasteiger partial charge in [0.05, 0.1) is 29.2 Å². The van der Waals surface area contributed by atoms with Gasteiger partial charge in [0.1, 0.15) is 28.9 Å². The zero-order valence-corrected chi connectivity index (χ0v) is 21.0. The van der Waals surface area contributed by atoms with Crippen LogP contribution in [0.25, 0.3) is 22.1 Å². The summed E-state index contributed by atoms with van der Waals surface area (Å²) in [5.41, 5.74) is 4.28. The number of aryl methyl sites for hydroxylation is 2. The first-order valence-corrected chi connectivity index (χ1v) is 12.3. The molecule has 10 heteroatoms. The van der Waals surface area contributed by atoms with Crippen molar-refractivity contribution in [3.63, 3.8) is 0 Å². The molecule has 6 rings (SSSR count). The number of aliphatic hydroxyl groups is 1. The molecule has 4 heterocycles. The highest BCUT2D eigenvalue weighted by atomic mass is 16.5. The van der Waals surface area contributed by atoms with Crippen molar-refractivity contribution >= 4 is 39.5 Å². The summed E-state index contributed by atoms with van der Waals surface area (Å²) in [7, 11) is 1.97. The van der Waals surface area contributed by atoms with Crippen molar-refractivity contribution in [1.82, 2.24) is 29.5 Å². The molecule has 3 aromatic heterocycles. The van der Waals surface area contributed by atoms with E-state index in [1.807, 2.05) is 66.8 Å². The Balaban J connectivity index is 1.25. The van der Waals surface area contributed by atoms with E-state index in [0.29, 0.717) is 29.3 Å². The van der Waals surface area contributed by atoms with Crippen molar-refractivity contribution < 1.29 is 9.84 Å². The molecule has 0 saturated carbocycles. The van der Waals surface area contributed by atoms with Crippen molar-refractivity contribution in [2.75, 3.05) is 23.3 Å². The van der Waals surface area contributed by atoms with Crippen LogP contribution in [0.3, 0.4) is 0 Å². The molecule has 1 fully saturated rings. The second-order valence-corrected chi connectivity index (χ2v) is 9.86. The number of fused-ring (bicyclic) bond motifs is 2. The Hall–Kier alpha value is -4.31. The quantitative estimate of drug-likeness (QED) is 0.363. The van der Waals surface area contributed by atoms with Gasteiger partial charge < -0.3 is 24.6 Å². The molecule has 0 spiro atoms. The SMILES string of the molecule is Cc1cc(Nc2ncnc3cnc(N4CCC[C@@](C)(O)C4)nc23)ccc1Oc1ccc2c(c1)ncn2C. The van der Waals surface area contributed by atoms with Gasteiger partial charge in [-0.3, -0.25) is 0 Å². The molecule has 1 aliphatic heterocycles. The monoisotopic (exact) mass is 496 g/mol. The van der Waals surface area contributed by atoms with Crippen LogP contribution in [-0.2, 0) is 7.05 Å². The second-order valence-electron chi connectivity index (χ2n) is 9.86. The van der Waals surface area contributed by atoms with Crippen molar-refractivity contribution in [3.8, 4) is 11.5 Å². The third kappa shape index (κ3) is 4.63. The minimum Gasteiger partial charge on any atom is -0.457 e. The third-order valence-corrected chi connectivity index (χ3v) is 6.68. The van der Waals surface area contributed by atoms with E-state index < -0.39 is 5.60 Å². The van der Waals surface area contributed by atoms with Crippen LogP contribution in [0.2, 0.25) is 0 Å². The Morgan fingerprint density at radius 1 is 1.05 bits per heavy atom. The predicted molar refractivity (Wildman–Crippen MR) is 142 cm³/mol. The van der Waals surface area contributed by atoms with Gasteiger partial charge in [0.2, 0.25) is 5.95 Å². The molecule has 0 unspecified atom stereocenters. The Labute approximate surface area is 214 Å². The summed E-state index contributed by atoms with van der Waals surface area (Å²) >= 11 is 0. The summed E-state index contributed by atoms with van der Waals surface area (Å²) in [6, 6.07) is 11.8. The Kier molecular flexibility index (Phi) is 5.60. The number of β-amino-alcohol motifs (C(OH)–C–C–N with tert-alkyl or cyclic N) is 1. The molecule has 0 aliphatic carbocycles. The number of imidazole rings is 1. The number of anilines is 3. The lowest BCUT2D eigenvalue weighted by molar-refractivity contribution is 0.0445. The standard InChI is InChI=1S/C27H28N8O2/c1-17-11-18(5-8-23(17)37-19-6-7-22-20(12-19)31-16-34(22)3)32-25-24-21(29-15-30-25)13-28-26(33-24)35-10-4-9-27(2,36)14-35/h5-8,11-13,15-16,36H,4,9-10,14H2,1-3H3,(H,29,30,32)/t27-/m1/s1. The first-order valence-electron chi connectivity index (χ1n) is 12.3. The summed E-state index contributed by atoms with van der Waals surface area (Å²) < 4.78 is 8.13. The number of nitrogens with one attached hydrogen (secondary N) is 1. The van der Waals surface area contributed by atoms with Crippen LogP contribution < -0.4 is 15.0 Å². The minimum atomic E-state index is -0.754. The van der Waals surface area contributed by atoms with Gasteiger partial charge in [-0.1, -0.05) is 0 Å². The van der Waals surface area contributed by atoms with Crippen LogP contribution in [-0.4, -0.2) is 53.3 Å². The zero-order valence-electron chi connectivity index (χ0n) is 21.0. The molecule has 0 bridgehead atoms. The molecule has 10 nitrogen and oxygen atoms in total. The van der Waals surface area contributed by atoms with E-state index in [0.717, 1.165) is 53.2 Å². The van der Waals surface area contributed by atoms with Crippen LogP contribution >= 0.6 is 0 Å². The lowest BCUT2D eigenvalue weighted by Gasteiger charge is -2.36. The van der Waals surface area contributed by atoms with E-state index in [4.69, 9.17) is 9.72 Å². The lowest BCUT2D eigenvalue weighted by Crippen LogP contribution is -2.46. The van der Waals surface area contributed by atoms with Crippen molar-refractivity contribution in [3.05, 3.63) is 60.8 Å². The maximum Gasteiger partial charge on any atom is 0.226 e. The Morgan fingerprint density at radius 3 is 2.78 bits per heavy atom. The molecule has 188 valence electrons. The van der Waals surface area contributed by atoms with Crippen molar-refractivity contribution in [2.45, 2.75) is 32.3 Å². The van der Waals surface area contributed by atoms with Gasteiger partial charge in [-0.25, -0.2) is 24.9 Å². The number of aromatic nitrogens is 6. The summed E-state index contributed by atoms with van der Waals surface area (Å²) in [4.78, 5) is 24.5.